The number of nitrogens with zero attached hydrogens (tertiary/aromatic N) is 1. The fourth-order valence-corrected chi connectivity index (χ4v) is 1.30. The molecule has 0 aliphatic carbocycles. The highest BCUT2D eigenvalue weighted by Crippen LogP contribution is 2.13. The first kappa shape index (κ1) is 12.7. The van der Waals surface area contributed by atoms with Gasteiger partial charge in [0, 0.05) is 12.1 Å². The third kappa shape index (κ3) is 5.83. The fraction of sp³-hybridized carbons (Fsp3) is 0.818. The lowest BCUT2D eigenvalue weighted by atomic mass is 10.1. The SMILES string of the molecule is C=CCN(CCCCN)C(C)(C)C. The van der Waals surface area contributed by atoms with Crippen molar-refractivity contribution in [2.24, 2.45) is 5.73 Å². The van der Waals surface area contributed by atoms with E-state index >= 15 is 0 Å². The van der Waals surface area contributed by atoms with E-state index in [2.05, 4.69) is 32.3 Å². The molecular weight excluding hydrogens is 160 g/mol. The van der Waals surface area contributed by atoms with E-state index in [1.807, 2.05) is 6.08 Å². The molecule has 0 saturated heterocycles. The second-order valence-corrected chi connectivity index (χ2v) is 4.40. The fourth-order valence-electron chi connectivity index (χ4n) is 1.30. The van der Waals surface area contributed by atoms with E-state index in [1.54, 1.807) is 0 Å². The molecule has 0 radical (unpaired) electrons. The average Bonchev–Trinajstić information content (AvgIpc) is 2.01. The highest BCUT2D eigenvalue weighted by Gasteiger charge is 2.18. The Labute approximate surface area is 82.8 Å². The molecule has 0 rings (SSSR count). The lowest BCUT2D eigenvalue weighted by molar-refractivity contribution is 0.151. The van der Waals surface area contributed by atoms with Crippen LogP contribution in [0.25, 0.3) is 0 Å². The second kappa shape index (κ2) is 6.17. The van der Waals surface area contributed by atoms with Crippen molar-refractivity contribution in [2.45, 2.75) is 39.2 Å². The van der Waals surface area contributed by atoms with Gasteiger partial charge in [-0.15, -0.1) is 6.58 Å². The van der Waals surface area contributed by atoms with Gasteiger partial charge in [-0.05, 0) is 46.7 Å². The highest BCUT2D eigenvalue weighted by molar-refractivity contribution is 4.82. The van der Waals surface area contributed by atoms with Crippen molar-refractivity contribution >= 4 is 0 Å². The first-order chi connectivity index (χ1) is 6.02. The van der Waals surface area contributed by atoms with Crippen LogP contribution in [-0.2, 0) is 0 Å². The standard InChI is InChI=1S/C11H24N2/c1-5-9-13(11(2,3)4)10-7-6-8-12/h5H,1,6-10,12H2,2-4H3. The Balaban J connectivity index is 3.87. The Hall–Kier alpha value is -0.340. The maximum Gasteiger partial charge on any atom is 0.0165 e. The Morgan fingerprint density at radius 3 is 2.31 bits per heavy atom. The largest absolute Gasteiger partial charge is 0.330 e. The Morgan fingerprint density at radius 2 is 1.92 bits per heavy atom. The first-order valence-electron chi connectivity index (χ1n) is 5.08. The maximum absolute atomic E-state index is 5.46. The van der Waals surface area contributed by atoms with E-state index in [4.69, 9.17) is 5.73 Å². The van der Waals surface area contributed by atoms with Gasteiger partial charge in [-0.1, -0.05) is 6.08 Å². The normalized spacial score (nSPS) is 12.1. The van der Waals surface area contributed by atoms with Crippen LogP contribution >= 0.6 is 0 Å². The molecule has 2 nitrogen and oxygen atoms in total. The predicted octanol–water partition coefficient (Wildman–Crippen LogP) is 2.01. The molecule has 2 heteroatoms. The van der Waals surface area contributed by atoms with Crippen LogP contribution < -0.4 is 5.73 Å². The molecule has 13 heavy (non-hydrogen) atoms. The monoisotopic (exact) mass is 184 g/mol. The van der Waals surface area contributed by atoms with Crippen LogP contribution in [0.3, 0.4) is 0 Å². The Kier molecular flexibility index (Phi) is 6.00. The van der Waals surface area contributed by atoms with Gasteiger partial charge in [-0.2, -0.15) is 0 Å². The summed E-state index contributed by atoms with van der Waals surface area (Å²) in [6.45, 7) is 13.4. The predicted molar refractivity (Wildman–Crippen MR) is 59.8 cm³/mol. The molecule has 0 aromatic carbocycles. The third-order valence-electron chi connectivity index (χ3n) is 2.18. The smallest absolute Gasteiger partial charge is 0.0165 e. The summed E-state index contributed by atoms with van der Waals surface area (Å²) in [6.07, 6.45) is 4.26. The third-order valence-corrected chi connectivity index (χ3v) is 2.18. The topological polar surface area (TPSA) is 29.3 Å². The van der Waals surface area contributed by atoms with Crippen molar-refractivity contribution in [1.29, 1.82) is 0 Å². The van der Waals surface area contributed by atoms with Gasteiger partial charge in [0.25, 0.3) is 0 Å². The summed E-state index contributed by atoms with van der Waals surface area (Å²) < 4.78 is 0. The zero-order valence-corrected chi connectivity index (χ0v) is 9.34. The lowest BCUT2D eigenvalue weighted by Crippen LogP contribution is -2.42. The molecule has 0 spiro atoms. The maximum atomic E-state index is 5.46. The summed E-state index contributed by atoms with van der Waals surface area (Å²) in [4.78, 5) is 2.43. The number of hydrogen-bond donors (Lipinski definition) is 1. The van der Waals surface area contributed by atoms with Gasteiger partial charge in [0.05, 0.1) is 0 Å². The van der Waals surface area contributed by atoms with Gasteiger partial charge in [-0.25, -0.2) is 0 Å². The van der Waals surface area contributed by atoms with Crippen molar-refractivity contribution < 1.29 is 0 Å². The zero-order chi connectivity index (χ0) is 10.3. The summed E-state index contributed by atoms with van der Waals surface area (Å²) in [6, 6.07) is 0. The molecule has 0 aromatic heterocycles. The van der Waals surface area contributed by atoms with E-state index in [0.29, 0.717) is 0 Å². The van der Waals surface area contributed by atoms with E-state index in [1.165, 1.54) is 6.42 Å². The average molecular weight is 184 g/mol. The summed E-state index contributed by atoms with van der Waals surface area (Å²) >= 11 is 0. The van der Waals surface area contributed by atoms with Crippen LogP contribution in [0.2, 0.25) is 0 Å². The zero-order valence-electron chi connectivity index (χ0n) is 9.34. The molecule has 78 valence electrons. The molecule has 0 atom stereocenters. The Morgan fingerprint density at radius 1 is 1.31 bits per heavy atom. The number of hydrogen-bond acceptors (Lipinski definition) is 2. The van der Waals surface area contributed by atoms with Crippen LogP contribution in [0, 0.1) is 0 Å². The molecule has 0 fully saturated rings. The number of rotatable bonds is 6. The van der Waals surface area contributed by atoms with Gasteiger partial charge >= 0.3 is 0 Å². The second-order valence-electron chi connectivity index (χ2n) is 4.40. The molecule has 0 aliphatic heterocycles. The molecule has 0 saturated carbocycles. The molecule has 0 aliphatic rings. The minimum Gasteiger partial charge on any atom is -0.330 e. The molecule has 0 unspecified atom stereocenters. The van der Waals surface area contributed by atoms with E-state index in [0.717, 1.165) is 26.1 Å². The number of unbranched alkanes of at least 4 members (excludes halogenated alkanes) is 1. The lowest BCUT2D eigenvalue weighted by Gasteiger charge is -2.34. The van der Waals surface area contributed by atoms with Crippen LogP contribution in [0.1, 0.15) is 33.6 Å². The molecule has 0 bridgehead atoms. The van der Waals surface area contributed by atoms with Gasteiger partial charge in [0.15, 0.2) is 0 Å². The van der Waals surface area contributed by atoms with Crippen LogP contribution in [0.4, 0.5) is 0 Å². The van der Waals surface area contributed by atoms with Gasteiger partial charge < -0.3 is 5.73 Å². The van der Waals surface area contributed by atoms with Crippen molar-refractivity contribution in [2.75, 3.05) is 19.6 Å². The van der Waals surface area contributed by atoms with Crippen LogP contribution in [-0.4, -0.2) is 30.1 Å². The summed E-state index contributed by atoms with van der Waals surface area (Å²) in [5.41, 5.74) is 5.70. The van der Waals surface area contributed by atoms with E-state index in [-0.39, 0.29) is 5.54 Å². The van der Waals surface area contributed by atoms with Crippen molar-refractivity contribution in [3.8, 4) is 0 Å². The summed E-state index contributed by atoms with van der Waals surface area (Å²) in [5.74, 6) is 0. The molecule has 2 N–H and O–H groups in total. The van der Waals surface area contributed by atoms with Crippen molar-refractivity contribution in [1.82, 2.24) is 4.90 Å². The molecule has 0 aromatic rings. The van der Waals surface area contributed by atoms with Gasteiger partial charge in [0.1, 0.15) is 0 Å². The van der Waals surface area contributed by atoms with Crippen LogP contribution in [0.5, 0.6) is 0 Å². The molecular formula is C11H24N2. The van der Waals surface area contributed by atoms with Gasteiger partial charge in [0.2, 0.25) is 0 Å². The summed E-state index contributed by atoms with van der Waals surface area (Å²) in [7, 11) is 0. The molecule has 0 amide bonds. The van der Waals surface area contributed by atoms with E-state index < -0.39 is 0 Å². The molecule has 0 heterocycles. The first-order valence-corrected chi connectivity index (χ1v) is 5.08. The van der Waals surface area contributed by atoms with Gasteiger partial charge in [-0.3, -0.25) is 4.90 Å². The van der Waals surface area contributed by atoms with Crippen molar-refractivity contribution in [3.63, 3.8) is 0 Å². The quantitative estimate of drug-likeness (QED) is 0.505. The summed E-state index contributed by atoms with van der Waals surface area (Å²) in [5, 5.41) is 0. The Bertz CT molecular complexity index is 136. The van der Waals surface area contributed by atoms with Crippen LogP contribution in [0.15, 0.2) is 12.7 Å². The number of nitrogens with two attached hydrogens (primary N) is 1. The minimum absolute atomic E-state index is 0.239. The van der Waals surface area contributed by atoms with Crippen molar-refractivity contribution in [3.05, 3.63) is 12.7 Å². The highest BCUT2D eigenvalue weighted by atomic mass is 15.2. The minimum atomic E-state index is 0.239. The van der Waals surface area contributed by atoms with E-state index in [9.17, 15) is 0 Å².